The summed E-state index contributed by atoms with van der Waals surface area (Å²) < 4.78 is 4.50. The molecule has 11 heavy (non-hydrogen) atoms. The third kappa shape index (κ3) is 1.44. The first-order valence-corrected chi connectivity index (χ1v) is 5.01. The van der Waals surface area contributed by atoms with Crippen molar-refractivity contribution in [1.82, 2.24) is 19.8 Å². The van der Waals surface area contributed by atoms with Gasteiger partial charge in [0, 0.05) is 0 Å². The quantitative estimate of drug-likeness (QED) is 0.773. The van der Waals surface area contributed by atoms with Gasteiger partial charge in [-0.1, -0.05) is 15.8 Å². The Bertz CT molecular complexity index is 343. The molecular formula is C4HBrN4S2. The van der Waals surface area contributed by atoms with E-state index in [1.807, 2.05) is 0 Å². The molecule has 0 saturated carbocycles. The van der Waals surface area contributed by atoms with Gasteiger partial charge in [-0.25, -0.2) is 0 Å². The summed E-state index contributed by atoms with van der Waals surface area (Å²) in [5.74, 6) is 0. The van der Waals surface area contributed by atoms with Crippen molar-refractivity contribution < 1.29 is 0 Å². The molecule has 2 rings (SSSR count). The van der Waals surface area contributed by atoms with E-state index in [-0.39, 0.29) is 0 Å². The number of hydrogen-bond donors (Lipinski definition) is 0. The largest absolute Gasteiger partial charge is 0.183 e. The lowest BCUT2D eigenvalue weighted by atomic mass is 10.6. The van der Waals surface area contributed by atoms with Crippen LogP contribution in [0.5, 0.6) is 0 Å². The number of aromatic nitrogens is 4. The van der Waals surface area contributed by atoms with Gasteiger partial charge in [0.15, 0.2) is 8.92 Å². The number of nitrogens with zero attached hydrogens (tertiary/aromatic N) is 4. The van der Waals surface area contributed by atoms with E-state index in [9.17, 15) is 0 Å². The monoisotopic (exact) mass is 248 g/mol. The lowest BCUT2D eigenvalue weighted by molar-refractivity contribution is 1.08. The molecule has 56 valence electrons. The van der Waals surface area contributed by atoms with Crippen LogP contribution in [0.1, 0.15) is 0 Å². The maximum Gasteiger partial charge on any atom is 0.183 e. The van der Waals surface area contributed by atoms with Crippen LogP contribution in [-0.2, 0) is 0 Å². The van der Waals surface area contributed by atoms with E-state index in [1.165, 1.54) is 22.9 Å². The number of rotatable bonds is 1. The van der Waals surface area contributed by atoms with Crippen LogP contribution >= 0.6 is 38.8 Å². The van der Waals surface area contributed by atoms with Crippen molar-refractivity contribution >= 4 is 38.8 Å². The van der Waals surface area contributed by atoms with Crippen LogP contribution in [-0.4, -0.2) is 19.8 Å². The van der Waals surface area contributed by atoms with Crippen molar-refractivity contribution in [3.63, 3.8) is 0 Å². The molecule has 2 aromatic heterocycles. The van der Waals surface area contributed by atoms with Crippen LogP contribution in [0.2, 0.25) is 0 Å². The van der Waals surface area contributed by atoms with E-state index in [0.29, 0.717) is 0 Å². The first-order valence-electron chi connectivity index (χ1n) is 2.63. The van der Waals surface area contributed by atoms with Crippen molar-refractivity contribution in [2.75, 3.05) is 0 Å². The zero-order chi connectivity index (χ0) is 7.68. The van der Waals surface area contributed by atoms with Gasteiger partial charge in [-0.15, -0.1) is 15.3 Å². The third-order valence-corrected chi connectivity index (χ3v) is 3.16. The molecule has 0 spiro atoms. The lowest BCUT2D eigenvalue weighted by Gasteiger charge is -1.78. The van der Waals surface area contributed by atoms with Crippen molar-refractivity contribution in [2.45, 2.75) is 0 Å². The molecule has 0 unspecified atom stereocenters. The molecule has 2 aromatic rings. The molecule has 0 N–H and O–H groups in total. The normalized spacial score (nSPS) is 10.3. The minimum Gasteiger partial charge on any atom is -0.146 e. The van der Waals surface area contributed by atoms with Crippen LogP contribution in [0.15, 0.2) is 10.1 Å². The van der Waals surface area contributed by atoms with Crippen LogP contribution < -0.4 is 0 Å². The summed E-state index contributed by atoms with van der Waals surface area (Å²) >= 11 is 6.01. The molecule has 0 saturated heterocycles. The van der Waals surface area contributed by atoms with Crippen LogP contribution in [0.3, 0.4) is 0 Å². The summed E-state index contributed by atoms with van der Waals surface area (Å²) in [6, 6.07) is 0. The molecule has 0 aliphatic heterocycles. The second-order valence-corrected chi connectivity index (χ2v) is 4.68. The van der Waals surface area contributed by atoms with Crippen molar-refractivity contribution in [3.8, 4) is 9.88 Å². The SMILES string of the molecule is Brc1nnc(-c2cnns2)s1. The Kier molecular flexibility index (Phi) is 1.93. The fourth-order valence-corrected chi connectivity index (χ4v) is 2.21. The highest BCUT2D eigenvalue weighted by atomic mass is 79.9. The maximum atomic E-state index is 3.91. The molecule has 0 aromatic carbocycles. The highest BCUT2D eigenvalue weighted by Gasteiger charge is 2.05. The average molecular weight is 249 g/mol. The molecule has 0 radical (unpaired) electrons. The Morgan fingerprint density at radius 1 is 1.36 bits per heavy atom. The minimum atomic E-state index is 0.779. The molecule has 0 aliphatic rings. The Morgan fingerprint density at radius 2 is 2.27 bits per heavy atom. The fraction of sp³-hybridized carbons (Fsp3) is 0. The number of hydrogen-bond acceptors (Lipinski definition) is 6. The topological polar surface area (TPSA) is 51.6 Å². The summed E-state index contributed by atoms with van der Waals surface area (Å²) in [6.07, 6.45) is 1.68. The van der Waals surface area contributed by atoms with E-state index >= 15 is 0 Å². The lowest BCUT2D eigenvalue weighted by Crippen LogP contribution is -1.69. The summed E-state index contributed by atoms with van der Waals surface area (Å²) in [6.45, 7) is 0. The van der Waals surface area contributed by atoms with Crippen molar-refractivity contribution in [3.05, 3.63) is 10.1 Å². The van der Waals surface area contributed by atoms with Gasteiger partial charge in [-0.3, -0.25) is 0 Å². The first-order chi connectivity index (χ1) is 5.36. The molecule has 0 aliphatic carbocycles. The molecular weight excluding hydrogens is 248 g/mol. The zero-order valence-electron chi connectivity index (χ0n) is 5.06. The summed E-state index contributed by atoms with van der Waals surface area (Å²) in [5, 5.41) is 12.3. The van der Waals surface area contributed by atoms with E-state index in [0.717, 1.165) is 13.8 Å². The van der Waals surface area contributed by atoms with Gasteiger partial charge in [0.2, 0.25) is 0 Å². The summed E-state index contributed by atoms with van der Waals surface area (Å²) in [7, 11) is 0. The Balaban J connectivity index is 2.45. The zero-order valence-corrected chi connectivity index (χ0v) is 8.28. The smallest absolute Gasteiger partial charge is 0.146 e. The second kappa shape index (κ2) is 2.92. The van der Waals surface area contributed by atoms with Gasteiger partial charge in [0.25, 0.3) is 0 Å². The molecule has 2 heterocycles. The van der Waals surface area contributed by atoms with E-state index in [2.05, 4.69) is 35.7 Å². The number of halogens is 1. The van der Waals surface area contributed by atoms with Crippen LogP contribution in [0.25, 0.3) is 9.88 Å². The van der Waals surface area contributed by atoms with Gasteiger partial charge in [-0.05, 0) is 27.5 Å². The van der Waals surface area contributed by atoms with Crippen molar-refractivity contribution in [1.29, 1.82) is 0 Å². The summed E-state index contributed by atoms with van der Waals surface area (Å²) in [5.41, 5.74) is 0. The Hall–Kier alpha value is -0.400. The van der Waals surface area contributed by atoms with E-state index in [1.54, 1.807) is 6.20 Å². The average Bonchev–Trinajstić information content (AvgIpc) is 2.55. The van der Waals surface area contributed by atoms with Gasteiger partial charge in [0.05, 0.1) is 6.20 Å². The second-order valence-electron chi connectivity index (χ2n) is 1.64. The molecule has 0 amide bonds. The summed E-state index contributed by atoms with van der Waals surface area (Å²) in [4.78, 5) is 0.952. The molecule has 0 fully saturated rings. The fourth-order valence-electron chi connectivity index (χ4n) is 0.566. The predicted octanol–water partition coefficient (Wildman–Crippen LogP) is 1.82. The van der Waals surface area contributed by atoms with Gasteiger partial charge < -0.3 is 0 Å². The third-order valence-electron chi connectivity index (χ3n) is 0.972. The van der Waals surface area contributed by atoms with Gasteiger partial charge in [-0.2, -0.15) is 0 Å². The highest BCUT2D eigenvalue weighted by Crippen LogP contribution is 2.27. The molecule has 0 bridgehead atoms. The Morgan fingerprint density at radius 3 is 2.82 bits per heavy atom. The predicted molar refractivity (Wildman–Crippen MR) is 46.5 cm³/mol. The van der Waals surface area contributed by atoms with E-state index < -0.39 is 0 Å². The minimum absolute atomic E-state index is 0.779. The molecule has 0 atom stereocenters. The van der Waals surface area contributed by atoms with Crippen LogP contribution in [0.4, 0.5) is 0 Å². The maximum absolute atomic E-state index is 3.91. The first kappa shape index (κ1) is 7.26. The van der Waals surface area contributed by atoms with E-state index in [4.69, 9.17) is 0 Å². The molecule has 4 nitrogen and oxygen atoms in total. The Labute approximate surface area is 78.6 Å². The highest BCUT2D eigenvalue weighted by molar-refractivity contribution is 9.11. The standard InChI is InChI=1S/C4HBrN4S2/c5-4-8-7-3(10-4)2-1-6-9-11-2/h1H. The van der Waals surface area contributed by atoms with Gasteiger partial charge in [0.1, 0.15) is 4.88 Å². The van der Waals surface area contributed by atoms with Gasteiger partial charge >= 0.3 is 0 Å². The molecule has 7 heteroatoms. The van der Waals surface area contributed by atoms with Crippen molar-refractivity contribution in [2.24, 2.45) is 0 Å². The van der Waals surface area contributed by atoms with Crippen LogP contribution in [0, 0.1) is 0 Å².